The second-order valence-corrected chi connectivity index (χ2v) is 4.41. The fourth-order valence-corrected chi connectivity index (χ4v) is 1.63. The molecule has 17 heavy (non-hydrogen) atoms. The molecule has 0 atom stereocenters. The van der Waals surface area contributed by atoms with Crippen LogP contribution in [0, 0.1) is 0 Å². The van der Waals surface area contributed by atoms with Crippen molar-refractivity contribution < 1.29 is 9.53 Å². The Bertz CT molecular complexity index is 197. The van der Waals surface area contributed by atoms with Crippen molar-refractivity contribution in [3.8, 4) is 0 Å². The first-order valence-corrected chi connectivity index (χ1v) is 7.11. The molecule has 0 rings (SSSR count). The third-order valence-corrected chi connectivity index (χ3v) is 2.62. The Labute approximate surface area is 106 Å². The quantitative estimate of drug-likeness (QED) is 0.299. The van der Waals surface area contributed by atoms with Gasteiger partial charge in [-0.3, -0.25) is 4.79 Å². The van der Waals surface area contributed by atoms with Crippen LogP contribution in [0.25, 0.3) is 0 Å². The lowest BCUT2D eigenvalue weighted by Gasteiger charge is -2.02. The minimum absolute atomic E-state index is 0.0299. The molecule has 0 amide bonds. The normalized spacial score (nSPS) is 10.9. The highest BCUT2D eigenvalue weighted by atomic mass is 16.5. The first-order chi connectivity index (χ1) is 8.31. The van der Waals surface area contributed by atoms with Gasteiger partial charge in [0.1, 0.15) is 0 Å². The zero-order valence-corrected chi connectivity index (χ0v) is 11.5. The van der Waals surface area contributed by atoms with Gasteiger partial charge in [0.2, 0.25) is 0 Å². The predicted molar refractivity (Wildman–Crippen MR) is 73.0 cm³/mol. The van der Waals surface area contributed by atoms with E-state index < -0.39 is 0 Å². The summed E-state index contributed by atoms with van der Waals surface area (Å²) in [7, 11) is 0. The van der Waals surface area contributed by atoms with E-state index in [1.54, 1.807) is 0 Å². The number of esters is 1. The van der Waals surface area contributed by atoms with Gasteiger partial charge in [-0.05, 0) is 32.1 Å². The Morgan fingerprint density at radius 2 is 1.71 bits per heavy atom. The van der Waals surface area contributed by atoms with Crippen LogP contribution in [0.3, 0.4) is 0 Å². The lowest BCUT2D eigenvalue weighted by Crippen LogP contribution is -2.04. The monoisotopic (exact) mass is 240 g/mol. The van der Waals surface area contributed by atoms with Crippen LogP contribution in [-0.4, -0.2) is 12.6 Å². The second-order valence-electron chi connectivity index (χ2n) is 4.41. The summed E-state index contributed by atoms with van der Waals surface area (Å²) in [6, 6.07) is 0. The number of carbonyl (C=O) groups excluding carboxylic acids is 1. The van der Waals surface area contributed by atoms with Gasteiger partial charge in [0.15, 0.2) is 0 Å². The Kier molecular flexibility index (Phi) is 12.7. The molecule has 2 nitrogen and oxygen atoms in total. The van der Waals surface area contributed by atoms with E-state index in [9.17, 15) is 4.79 Å². The van der Waals surface area contributed by atoms with Crippen molar-refractivity contribution in [2.24, 2.45) is 0 Å². The van der Waals surface area contributed by atoms with Crippen molar-refractivity contribution in [2.45, 2.75) is 71.6 Å². The van der Waals surface area contributed by atoms with Gasteiger partial charge in [-0.15, -0.1) is 0 Å². The first-order valence-electron chi connectivity index (χ1n) is 7.11. The molecule has 0 aliphatic rings. The molecule has 0 aliphatic carbocycles. The van der Waals surface area contributed by atoms with E-state index in [1.807, 2.05) is 6.92 Å². The van der Waals surface area contributed by atoms with E-state index >= 15 is 0 Å². The van der Waals surface area contributed by atoms with Crippen molar-refractivity contribution in [1.82, 2.24) is 0 Å². The average Bonchev–Trinajstić information content (AvgIpc) is 2.34. The summed E-state index contributed by atoms with van der Waals surface area (Å²) in [4.78, 5) is 11.2. The molecule has 0 bridgehead atoms. The number of allylic oxidation sites excluding steroid dienone is 2. The smallest absolute Gasteiger partial charge is 0.305 e. The van der Waals surface area contributed by atoms with Gasteiger partial charge in [-0.25, -0.2) is 0 Å². The summed E-state index contributed by atoms with van der Waals surface area (Å²) in [6.45, 7) is 4.75. The molecule has 0 fully saturated rings. The number of ether oxygens (including phenoxy) is 1. The standard InChI is InChI=1S/C15H28O2/c1-3-5-6-7-8-9-10-11-12-13-15(16)17-14-4-2/h5-6H,3-4,7-14H2,1-2H3/b6-5+. The van der Waals surface area contributed by atoms with Crippen molar-refractivity contribution in [3.63, 3.8) is 0 Å². The van der Waals surface area contributed by atoms with Gasteiger partial charge in [-0.1, -0.05) is 45.3 Å². The van der Waals surface area contributed by atoms with Crippen LogP contribution < -0.4 is 0 Å². The summed E-state index contributed by atoms with van der Waals surface area (Å²) in [5.74, 6) is -0.0299. The Hall–Kier alpha value is -0.790. The lowest BCUT2D eigenvalue weighted by atomic mass is 10.1. The van der Waals surface area contributed by atoms with E-state index in [0.717, 1.165) is 25.7 Å². The number of carbonyl (C=O) groups is 1. The zero-order chi connectivity index (χ0) is 12.8. The fraction of sp³-hybridized carbons (Fsp3) is 0.800. The molecule has 2 heteroatoms. The highest BCUT2D eigenvalue weighted by Gasteiger charge is 2.00. The molecule has 0 saturated carbocycles. The third-order valence-electron chi connectivity index (χ3n) is 2.62. The highest BCUT2D eigenvalue weighted by Crippen LogP contribution is 2.08. The van der Waals surface area contributed by atoms with Crippen molar-refractivity contribution >= 4 is 5.97 Å². The first kappa shape index (κ1) is 16.2. The summed E-state index contributed by atoms with van der Waals surface area (Å²) >= 11 is 0. The van der Waals surface area contributed by atoms with Crippen LogP contribution >= 0.6 is 0 Å². The highest BCUT2D eigenvalue weighted by molar-refractivity contribution is 5.69. The molecule has 0 radical (unpaired) electrons. The maximum Gasteiger partial charge on any atom is 0.305 e. The van der Waals surface area contributed by atoms with Gasteiger partial charge >= 0.3 is 5.97 Å². The maximum absolute atomic E-state index is 11.2. The molecule has 0 unspecified atom stereocenters. The maximum atomic E-state index is 11.2. The van der Waals surface area contributed by atoms with Crippen LogP contribution in [0.2, 0.25) is 0 Å². The van der Waals surface area contributed by atoms with Crippen molar-refractivity contribution in [3.05, 3.63) is 12.2 Å². The average molecular weight is 240 g/mol. The summed E-state index contributed by atoms with van der Waals surface area (Å²) in [5, 5.41) is 0. The topological polar surface area (TPSA) is 26.3 Å². The van der Waals surface area contributed by atoms with Gasteiger partial charge in [0, 0.05) is 6.42 Å². The molecule has 0 aromatic carbocycles. The van der Waals surface area contributed by atoms with E-state index in [4.69, 9.17) is 4.74 Å². The van der Waals surface area contributed by atoms with Gasteiger partial charge in [0.25, 0.3) is 0 Å². The minimum atomic E-state index is -0.0299. The number of unbranched alkanes of at least 4 members (excludes halogenated alkanes) is 5. The molecule has 0 aromatic rings. The molecule has 0 N–H and O–H groups in total. The van der Waals surface area contributed by atoms with E-state index in [-0.39, 0.29) is 5.97 Å². The van der Waals surface area contributed by atoms with Crippen molar-refractivity contribution in [2.75, 3.05) is 6.61 Å². The molecule has 0 aromatic heterocycles. The molecular weight excluding hydrogens is 212 g/mol. The van der Waals surface area contributed by atoms with Crippen LogP contribution in [0.1, 0.15) is 71.6 Å². The second kappa shape index (κ2) is 13.3. The van der Waals surface area contributed by atoms with Crippen LogP contribution in [0.4, 0.5) is 0 Å². The Morgan fingerprint density at radius 3 is 2.41 bits per heavy atom. The molecule has 0 aliphatic heterocycles. The molecule has 0 heterocycles. The molecular formula is C15H28O2. The summed E-state index contributed by atoms with van der Waals surface area (Å²) in [5.41, 5.74) is 0. The minimum Gasteiger partial charge on any atom is -0.466 e. The SMILES string of the molecule is CC/C=C/CCCCCCCC(=O)OCCC. The fourth-order valence-electron chi connectivity index (χ4n) is 1.63. The number of rotatable bonds is 11. The van der Waals surface area contributed by atoms with Crippen molar-refractivity contribution in [1.29, 1.82) is 0 Å². The van der Waals surface area contributed by atoms with E-state index in [2.05, 4.69) is 19.1 Å². The van der Waals surface area contributed by atoms with E-state index in [1.165, 1.54) is 25.7 Å². The molecule has 0 spiro atoms. The van der Waals surface area contributed by atoms with Gasteiger partial charge < -0.3 is 4.74 Å². The summed E-state index contributed by atoms with van der Waals surface area (Å²) in [6.07, 6.45) is 14.3. The largest absolute Gasteiger partial charge is 0.466 e. The molecule has 100 valence electrons. The van der Waals surface area contributed by atoms with Crippen LogP contribution in [0.15, 0.2) is 12.2 Å². The third kappa shape index (κ3) is 13.1. The van der Waals surface area contributed by atoms with E-state index in [0.29, 0.717) is 13.0 Å². The Morgan fingerprint density at radius 1 is 1.00 bits per heavy atom. The van der Waals surface area contributed by atoms with Gasteiger partial charge in [0.05, 0.1) is 6.61 Å². The Balaban J connectivity index is 3.12. The zero-order valence-electron chi connectivity index (χ0n) is 11.5. The summed E-state index contributed by atoms with van der Waals surface area (Å²) < 4.78 is 5.02. The number of hydrogen-bond donors (Lipinski definition) is 0. The van der Waals surface area contributed by atoms with Crippen LogP contribution in [0.5, 0.6) is 0 Å². The number of hydrogen-bond acceptors (Lipinski definition) is 2. The van der Waals surface area contributed by atoms with Gasteiger partial charge in [-0.2, -0.15) is 0 Å². The van der Waals surface area contributed by atoms with Crippen LogP contribution in [-0.2, 0) is 9.53 Å². The lowest BCUT2D eigenvalue weighted by molar-refractivity contribution is -0.143. The predicted octanol–water partition coefficient (Wildman–Crippen LogP) is 4.64. The molecule has 0 saturated heterocycles.